The number of carbonyl (C=O) groups is 2. The van der Waals surface area contributed by atoms with Gasteiger partial charge in [-0.25, -0.2) is 0 Å². The molecule has 1 amide bonds. The van der Waals surface area contributed by atoms with Crippen molar-refractivity contribution in [3.05, 3.63) is 35.5 Å². The van der Waals surface area contributed by atoms with Gasteiger partial charge in [0.1, 0.15) is 0 Å². The summed E-state index contributed by atoms with van der Waals surface area (Å²) in [6.45, 7) is 5.35. The van der Waals surface area contributed by atoms with Crippen molar-refractivity contribution in [2.45, 2.75) is 26.7 Å². The molecule has 0 saturated carbocycles. The number of Topliss-reactive ketones (excluding diaryl/α,β-unsaturated/α-hetero) is 1. The van der Waals surface area contributed by atoms with Crippen LogP contribution in [0, 0.1) is 12.8 Å². The first-order valence-electron chi connectivity index (χ1n) is 7.49. The van der Waals surface area contributed by atoms with E-state index in [1.54, 1.807) is 4.90 Å². The van der Waals surface area contributed by atoms with Crippen molar-refractivity contribution in [1.29, 1.82) is 0 Å². The summed E-state index contributed by atoms with van der Waals surface area (Å²) in [5.41, 5.74) is 2.19. The molecule has 1 atom stereocenters. The number of aromatic nitrogens is 1. The first-order valence-corrected chi connectivity index (χ1v) is 7.49. The van der Waals surface area contributed by atoms with Crippen LogP contribution in [-0.4, -0.2) is 34.7 Å². The number of fused-ring (bicyclic) bond motifs is 1. The molecule has 0 spiro atoms. The monoisotopic (exact) mass is 284 g/mol. The van der Waals surface area contributed by atoms with Gasteiger partial charge in [-0.1, -0.05) is 25.1 Å². The second-order valence-corrected chi connectivity index (χ2v) is 6.00. The molecule has 110 valence electrons. The van der Waals surface area contributed by atoms with Gasteiger partial charge >= 0.3 is 0 Å². The Bertz CT molecular complexity index is 702. The van der Waals surface area contributed by atoms with Gasteiger partial charge in [0.2, 0.25) is 0 Å². The van der Waals surface area contributed by atoms with Crippen LogP contribution in [0.15, 0.2) is 24.3 Å². The van der Waals surface area contributed by atoms with E-state index in [1.807, 2.05) is 31.2 Å². The van der Waals surface area contributed by atoms with Gasteiger partial charge in [-0.15, -0.1) is 0 Å². The first-order chi connectivity index (χ1) is 10.1. The lowest BCUT2D eigenvalue weighted by atomic mass is 9.99. The Morgan fingerprint density at radius 1 is 1.29 bits per heavy atom. The number of amides is 1. The summed E-state index contributed by atoms with van der Waals surface area (Å²) in [6.07, 6.45) is 2.11. The molecule has 1 N–H and O–H groups in total. The summed E-state index contributed by atoms with van der Waals surface area (Å²) in [5.74, 6) is -0.284. The molecule has 2 aromatic rings. The van der Waals surface area contributed by atoms with Crippen LogP contribution in [0.4, 0.5) is 0 Å². The second kappa shape index (κ2) is 5.35. The molecule has 4 nitrogen and oxygen atoms in total. The van der Waals surface area contributed by atoms with Crippen molar-refractivity contribution in [2.75, 3.05) is 13.1 Å². The molecule has 0 radical (unpaired) electrons. The van der Waals surface area contributed by atoms with Crippen molar-refractivity contribution in [1.82, 2.24) is 9.88 Å². The number of ketones is 1. The normalized spacial score (nSPS) is 19.0. The van der Waals surface area contributed by atoms with Gasteiger partial charge in [0.25, 0.3) is 11.7 Å². The molecule has 1 aliphatic heterocycles. The molecule has 2 heterocycles. The number of nitrogens with zero attached hydrogens (tertiary/aromatic N) is 1. The van der Waals surface area contributed by atoms with E-state index in [9.17, 15) is 9.59 Å². The van der Waals surface area contributed by atoms with E-state index < -0.39 is 0 Å². The van der Waals surface area contributed by atoms with Crippen LogP contribution >= 0.6 is 0 Å². The van der Waals surface area contributed by atoms with Gasteiger partial charge in [-0.05, 0) is 31.7 Å². The van der Waals surface area contributed by atoms with E-state index in [0.29, 0.717) is 24.6 Å². The van der Waals surface area contributed by atoms with Crippen molar-refractivity contribution < 1.29 is 9.59 Å². The molecule has 0 aliphatic carbocycles. The van der Waals surface area contributed by atoms with Crippen molar-refractivity contribution in [2.24, 2.45) is 5.92 Å². The summed E-state index contributed by atoms with van der Waals surface area (Å²) in [4.78, 5) is 30.0. The molecule has 0 bridgehead atoms. The van der Waals surface area contributed by atoms with E-state index in [0.717, 1.165) is 29.4 Å². The van der Waals surface area contributed by atoms with E-state index in [-0.39, 0.29) is 11.7 Å². The minimum absolute atomic E-state index is 0.366. The average molecular weight is 284 g/mol. The Labute approximate surface area is 124 Å². The highest BCUT2D eigenvalue weighted by atomic mass is 16.2. The van der Waals surface area contributed by atoms with Gasteiger partial charge in [0, 0.05) is 29.7 Å². The summed E-state index contributed by atoms with van der Waals surface area (Å²) in [5, 5.41) is 0.832. The topological polar surface area (TPSA) is 53.2 Å². The summed E-state index contributed by atoms with van der Waals surface area (Å²) < 4.78 is 0. The molecule has 1 unspecified atom stereocenters. The molecule has 3 rings (SSSR count). The summed E-state index contributed by atoms with van der Waals surface area (Å²) in [6, 6.07) is 7.62. The predicted octanol–water partition coefficient (Wildman–Crippen LogP) is 2.92. The van der Waals surface area contributed by atoms with Gasteiger partial charge < -0.3 is 9.88 Å². The quantitative estimate of drug-likeness (QED) is 0.681. The number of hydrogen-bond donors (Lipinski definition) is 1. The third kappa shape index (κ3) is 2.46. The summed E-state index contributed by atoms with van der Waals surface area (Å²) in [7, 11) is 0. The van der Waals surface area contributed by atoms with Crippen molar-refractivity contribution >= 4 is 22.6 Å². The maximum absolute atomic E-state index is 12.6. The first kappa shape index (κ1) is 13.9. The standard InChI is InChI=1S/C17H20N2O2/c1-11-6-5-9-19(10-11)17(21)16(20)15-12(2)18-14-8-4-3-7-13(14)15/h3-4,7-8,11,18H,5-6,9-10H2,1-2H3. The van der Waals surface area contributed by atoms with E-state index >= 15 is 0 Å². The molecular weight excluding hydrogens is 264 g/mol. The number of para-hydroxylation sites is 1. The number of H-pyrrole nitrogens is 1. The maximum atomic E-state index is 12.6. The van der Waals surface area contributed by atoms with Gasteiger partial charge in [-0.3, -0.25) is 9.59 Å². The third-order valence-electron chi connectivity index (χ3n) is 4.26. The van der Waals surface area contributed by atoms with Gasteiger partial charge in [0.15, 0.2) is 0 Å². The van der Waals surface area contributed by atoms with Crippen LogP contribution in [0.2, 0.25) is 0 Å². The number of aromatic amines is 1. The number of nitrogens with one attached hydrogen (secondary N) is 1. The van der Waals surface area contributed by atoms with E-state index in [2.05, 4.69) is 11.9 Å². The maximum Gasteiger partial charge on any atom is 0.295 e. The van der Waals surface area contributed by atoms with Crippen LogP contribution < -0.4 is 0 Å². The predicted molar refractivity (Wildman–Crippen MR) is 82.3 cm³/mol. The molecular formula is C17H20N2O2. The summed E-state index contributed by atoms with van der Waals surface area (Å²) >= 11 is 0. The molecule has 21 heavy (non-hydrogen) atoms. The number of carbonyl (C=O) groups excluding carboxylic acids is 2. The number of rotatable bonds is 2. The van der Waals surface area contributed by atoms with E-state index in [1.165, 1.54) is 0 Å². The van der Waals surface area contributed by atoms with E-state index in [4.69, 9.17) is 0 Å². The third-order valence-corrected chi connectivity index (χ3v) is 4.26. The lowest BCUT2D eigenvalue weighted by Gasteiger charge is -2.30. The Morgan fingerprint density at radius 3 is 2.81 bits per heavy atom. The zero-order valence-electron chi connectivity index (χ0n) is 12.5. The van der Waals surface area contributed by atoms with Crippen LogP contribution in [-0.2, 0) is 4.79 Å². The largest absolute Gasteiger partial charge is 0.358 e. The zero-order valence-corrected chi connectivity index (χ0v) is 12.5. The lowest BCUT2D eigenvalue weighted by Crippen LogP contribution is -2.42. The second-order valence-electron chi connectivity index (χ2n) is 6.00. The highest BCUT2D eigenvalue weighted by molar-refractivity contribution is 6.45. The van der Waals surface area contributed by atoms with Gasteiger partial charge in [-0.2, -0.15) is 0 Å². The number of benzene rings is 1. The Balaban J connectivity index is 1.93. The SMILES string of the molecule is Cc1[nH]c2ccccc2c1C(=O)C(=O)N1CCCC(C)C1. The molecule has 1 aromatic carbocycles. The fraction of sp³-hybridized carbons (Fsp3) is 0.412. The Morgan fingerprint density at radius 2 is 2.05 bits per heavy atom. The number of likely N-dealkylation sites (tertiary alicyclic amines) is 1. The van der Waals surface area contributed by atoms with Crippen LogP contribution in [0.3, 0.4) is 0 Å². The Hall–Kier alpha value is -2.10. The highest BCUT2D eigenvalue weighted by Gasteiger charge is 2.29. The fourth-order valence-corrected chi connectivity index (χ4v) is 3.19. The molecule has 4 heteroatoms. The fourth-order valence-electron chi connectivity index (χ4n) is 3.19. The minimum atomic E-state index is -0.390. The smallest absolute Gasteiger partial charge is 0.295 e. The van der Waals surface area contributed by atoms with Gasteiger partial charge in [0.05, 0.1) is 5.56 Å². The molecule has 1 fully saturated rings. The Kier molecular flexibility index (Phi) is 3.53. The highest BCUT2D eigenvalue weighted by Crippen LogP contribution is 2.24. The van der Waals surface area contributed by atoms with Crippen LogP contribution in [0.5, 0.6) is 0 Å². The minimum Gasteiger partial charge on any atom is -0.358 e. The molecule has 1 aromatic heterocycles. The zero-order chi connectivity index (χ0) is 15.0. The lowest BCUT2D eigenvalue weighted by molar-refractivity contribution is -0.128. The van der Waals surface area contributed by atoms with Crippen molar-refractivity contribution in [3.63, 3.8) is 0 Å². The van der Waals surface area contributed by atoms with Crippen molar-refractivity contribution in [3.8, 4) is 0 Å². The van der Waals surface area contributed by atoms with Crippen LogP contribution in [0.25, 0.3) is 10.9 Å². The number of hydrogen-bond acceptors (Lipinski definition) is 2. The molecule has 1 aliphatic rings. The van der Waals surface area contributed by atoms with Crippen LogP contribution in [0.1, 0.15) is 35.8 Å². The molecule has 1 saturated heterocycles. The average Bonchev–Trinajstić information content (AvgIpc) is 2.81. The number of aryl methyl sites for hydroxylation is 1. The number of piperidine rings is 1.